The van der Waals surface area contributed by atoms with Crippen molar-refractivity contribution in [1.82, 2.24) is 20.0 Å². The van der Waals surface area contributed by atoms with Crippen LogP contribution in [0.25, 0.3) is 0 Å². The first-order valence-corrected chi connectivity index (χ1v) is 9.00. The summed E-state index contributed by atoms with van der Waals surface area (Å²) in [6, 6.07) is 2.11. The van der Waals surface area contributed by atoms with Crippen molar-refractivity contribution in [3.05, 3.63) is 17.5 Å². The van der Waals surface area contributed by atoms with Gasteiger partial charge in [-0.25, -0.2) is 0 Å². The molecule has 2 aliphatic heterocycles. The number of carbonyl (C=O) groups is 2. The quantitative estimate of drug-likeness (QED) is 0.801. The third-order valence-corrected chi connectivity index (χ3v) is 5.98. The predicted octanol–water partition coefficient (Wildman–Crippen LogP) is 1.40. The second-order valence-electron chi connectivity index (χ2n) is 7.79. The number of carboxylic acid groups (broad SMARTS) is 1. The van der Waals surface area contributed by atoms with Crippen molar-refractivity contribution in [1.29, 1.82) is 0 Å². The molecule has 25 heavy (non-hydrogen) atoms. The van der Waals surface area contributed by atoms with Crippen molar-refractivity contribution in [3.63, 3.8) is 0 Å². The largest absolute Gasteiger partial charge is 0.481 e. The second kappa shape index (κ2) is 6.44. The van der Waals surface area contributed by atoms with Gasteiger partial charge in [0.05, 0.1) is 29.9 Å². The van der Waals surface area contributed by atoms with Crippen molar-refractivity contribution in [3.8, 4) is 0 Å². The zero-order valence-corrected chi connectivity index (χ0v) is 15.3. The summed E-state index contributed by atoms with van der Waals surface area (Å²) in [4.78, 5) is 24.1. The molecule has 1 saturated carbocycles. The fourth-order valence-corrected chi connectivity index (χ4v) is 4.50. The van der Waals surface area contributed by atoms with Crippen LogP contribution in [-0.2, 0) is 22.7 Å². The number of nitrogens with one attached hydrogen (secondary N) is 1. The number of hydrogen-bond acceptors (Lipinski definition) is 4. The number of aliphatic carboxylic acids is 1. The van der Waals surface area contributed by atoms with Gasteiger partial charge in [-0.3, -0.25) is 14.3 Å². The lowest BCUT2D eigenvalue weighted by atomic mass is 9.85. The zero-order chi connectivity index (χ0) is 18.2. The molecule has 2 N–H and O–H groups in total. The van der Waals surface area contributed by atoms with Crippen molar-refractivity contribution in [2.24, 2.45) is 10.8 Å². The molecule has 1 spiro atoms. The third kappa shape index (κ3) is 3.29. The summed E-state index contributed by atoms with van der Waals surface area (Å²) in [6.45, 7) is 9.78. The average Bonchev–Trinajstić information content (AvgIpc) is 2.94. The topological polar surface area (TPSA) is 87.5 Å². The minimum absolute atomic E-state index is 0.119. The van der Waals surface area contributed by atoms with Crippen LogP contribution < -0.4 is 5.32 Å². The van der Waals surface area contributed by atoms with Crippen molar-refractivity contribution >= 4 is 11.9 Å². The van der Waals surface area contributed by atoms with Gasteiger partial charge >= 0.3 is 0 Å². The monoisotopic (exact) mass is 348 g/mol. The van der Waals surface area contributed by atoms with Gasteiger partial charge in [0.25, 0.3) is 5.97 Å². The minimum atomic E-state index is -0.833. The Labute approximate surface area is 148 Å². The van der Waals surface area contributed by atoms with Crippen molar-refractivity contribution < 1.29 is 14.7 Å². The lowest BCUT2D eigenvalue weighted by molar-refractivity contribution is -0.139. The molecule has 7 nitrogen and oxygen atoms in total. The summed E-state index contributed by atoms with van der Waals surface area (Å²) >= 11 is 0. The molecule has 3 heterocycles. The van der Waals surface area contributed by atoms with Gasteiger partial charge < -0.3 is 15.3 Å². The van der Waals surface area contributed by atoms with E-state index in [1.54, 1.807) is 0 Å². The summed E-state index contributed by atoms with van der Waals surface area (Å²) < 4.78 is 2.05. The van der Waals surface area contributed by atoms with Gasteiger partial charge in [-0.1, -0.05) is 6.92 Å². The Hall–Kier alpha value is -1.89. The Kier molecular flexibility index (Phi) is 4.62. The van der Waals surface area contributed by atoms with Gasteiger partial charge in [0.1, 0.15) is 0 Å². The maximum atomic E-state index is 13.0. The SMILES string of the molecule is CC(=O)O.Cc1cc2n(n1)CCN(C(=O)C1(C)CC13CCNCC3)C2. The molecular formula is C18H28N4O3. The Morgan fingerprint density at radius 2 is 1.92 bits per heavy atom. The van der Waals surface area contributed by atoms with Crippen LogP contribution in [0.2, 0.25) is 0 Å². The Bertz CT molecular complexity index is 674. The third-order valence-electron chi connectivity index (χ3n) is 5.98. The van der Waals surface area contributed by atoms with Crippen LogP contribution in [0.1, 0.15) is 44.5 Å². The summed E-state index contributed by atoms with van der Waals surface area (Å²) in [5.74, 6) is -0.463. The van der Waals surface area contributed by atoms with Crippen LogP contribution in [0.5, 0.6) is 0 Å². The normalized spacial score (nSPS) is 26.4. The van der Waals surface area contributed by atoms with E-state index in [-0.39, 0.29) is 10.8 Å². The van der Waals surface area contributed by atoms with Crippen LogP contribution in [0.3, 0.4) is 0 Å². The average molecular weight is 348 g/mol. The molecule has 1 atom stereocenters. The molecule has 1 unspecified atom stereocenters. The molecule has 4 rings (SSSR count). The summed E-state index contributed by atoms with van der Waals surface area (Å²) in [5.41, 5.74) is 2.39. The Morgan fingerprint density at radius 1 is 1.28 bits per heavy atom. The fraction of sp³-hybridized carbons (Fsp3) is 0.722. The van der Waals surface area contributed by atoms with Gasteiger partial charge in [-0.15, -0.1) is 0 Å². The lowest BCUT2D eigenvalue weighted by Crippen LogP contribution is -2.44. The van der Waals surface area contributed by atoms with E-state index in [1.807, 2.05) is 6.92 Å². The zero-order valence-electron chi connectivity index (χ0n) is 15.3. The first-order valence-electron chi connectivity index (χ1n) is 9.00. The molecule has 1 aromatic rings. The number of aromatic nitrogens is 2. The van der Waals surface area contributed by atoms with Crippen molar-refractivity contribution in [2.75, 3.05) is 19.6 Å². The molecule has 0 aromatic carbocycles. The van der Waals surface area contributed by atoms with Gasteiger partial charge in [-0.2, -0.15) is 5.10 Å². The number of amides is 1. The minimum Gasteiger partial charge on any atom is -0.481 e. The van der Waals surface area contributed by atoms with Gasteiger partial charge in [0.15, 0.2) is 0 Å². The van der Waals surface area contributed by atoms with Gasteiger partial charge in [0, 0.05) is 13.5 Å². The Morgan fingerprint density at radius 3 is 2.56 bits per heavy atom. The van der Waals surface area contributed by atoms with Crippen LogP contribution in [-0.4, -0.2) is 51.3 Å². The number of nitrogens with zero attached hydrogens (tertiary/aromatic N) is 3. The number of fused-ring (bicyclic) bond motifs is 1. The van der Waals surface area contributed by atoms with E-state index in [0.29, 0.717) is 5.91 Å². The van der Waals surface area contributed by atoms with E-state index in [4.69, 9.17) is 9.90 Å². The van der Waals surface area contributed by atoms with Crippen LogP contribution in [0, 0.1) is 17.8 Å². The smallest absolute Gasteiger partial charge is 0.300 e. The molecule has 3 aliphatic rings. The second-order valence-corrected chi connectivity index (χ2v) is 7.79. The lowest BCUT2D eigenvalue weighted by Gasteiger charge is -2.33. The fourth-order valence-electron chi connectivity index (χ4n) is 4.50. The maximum Gasteiger partial charge on any atom is 0.300 e. The first-order chi connectivity index (χ1) is 11.8. The van der Waals surface area contributed by atoms with Gasteiger partial charge in [0.2, 0.25) is 5.91 Å². The molecular weight excluding hydrogens is 320 g/mol. The summed E-state index contributed by atoms with van der Waals surface area (Å²) in [7, 11) is 0. The first kappa shape index (κ1) is 17.9. The van der Waals surface area contributed by atoms with Crippen LogP contribution >= 0.6 is 0 Å². The Balaban J connectivity index is 0.000000415. The van der Waals surface area contributed by atoms with E-state index in [2.05, 4.69) is 33.0 Å². The highest BCUT2D eigenvalue weighted by molar-refractivity contribution is 5.87. The maximum absolute atomic E-state index is 13.0. The van der Waals surface area contributed by atoms with Crippen LogP contribution in [0.15, 0.2) is 6.07 Å². The van der Waals surface area contributed by atoms with E-state index in [0.717, 1.165) is 64.6 Å². The summed E-state index contributed by atoms with van der Waals surface area (Å²) in [6.07, 6.45) is 3.38. The highest BCUT2D eigenvalue weighted by Gasteiger charge is 2.68. The van der Waals surface area contributed by atoms with Crippen LogP contribution in [0.4, 0.5) is 0 Å². The number of piperidine rings is 1. The molecule has 2 fully saturated rings. The predicted molar refractivity (Wildman–Crippen MR) is 93.0 cm³/mol. The molecule has 1 amide bonds. The number of aryl methyl sites for hydroxylation is 1. The number of rotatable bonds is 1. The molecule has 0 radical (unpaired) electrons. The van der Waals surface area contributed by atoms with E-state index >= 15 is 0 Å². The number of carboxylic acids is 1. The molecule has 1 aliphatic carbocycles. The number of hydrogen-bond donors (Lipinski definition) is 2. The van der Waals surface area contributed by atoms with Gasteiger partial charge in [-0.05, 0) is 50.8 Å². The van der Waals surface area contributed by atoms with E-state index < -0.39 is 5.97 Å². The molecule has 0 bridgehead atoms. The molecule has 7 heteroatoms. The molecule has 138 valence electrons. The van der Waals surface area contributed by atoms with Crippen molar-refractivity contribution in [2.45, 2.75) is 53.1 Å². The highest BCUT2D eigenvalue weighted by atomic mass is 16.4. The molecule has 1 saturated heterocycles. The number of carbonyl (C=O) groups excluding carboxylic acids is 1. The standard InChI is InChI=1S/C16H24N4O.C2H4O2/c1-12-9-13-10-19(7-8-20(13)18-12)14(21)15(2)11-16(15)3-5-17-6-4-16;1-2(3)4/h9,17H,3-8,10-11H2,1-2H3;1H3,(H,3,4). The summed E-state index contributed by atoms with van der Waals surface area (Å²) in [5, 5.41) is 15.3. The van der Waals surface area contributed by atoms with E-state index in [9.17, 15) is 4.79 Å². The van der Waals surface area contributed by atoms with E-state index in [1.165, 1.54) is 5.69 Å². The highest BCUT2D eigenvalue weighted by Crippen LogP contribution is 2.69. The molecule has 1 aromatic heterocycles.